The van der Waals surface area contributed by atoms with Gasteiger partial charge >= 0.3 is 0 Å². The van der Waals surface area contributed by atoms with Gasteiger partial charge in [0.25, 0.3) is 0 Å². The van der Waals surface area contributed by atoms with E-state index >= 15 is 0 Å². The van der Waals surface area contributed by atoms with E-state index in [2.05, 4.69) is 0 Å². The van der Waals surface area contributed by atoms with E-state index in [1.54, 1.807) is 0 Å². The molecule has 0 aliphatic carbocycles. The van der Waals surface area contributed by atoms with Crippen LogP contribution in [0.2, 0.25) is 0 Å². The van der Waals surface area contributed by atoms with Crippen molar-refractivity contribution in [2.75, 3.05) is 46.2 Å². The van der Waals surface area contributed by atoms with Crippen molar-refractivity contribution in [2.24, 2.45) is 0 Å². The highest BCUT2D eigenvalue weighted by atomic mass is 16.8. The van der Waals surface area contributed by atoms with Crippen molar-refractivity contribution >= 4 is 0 Å². The molecule has 12 bridgehead atoms. The first-order valence-corrected chi connectivity index (χ1v) is 23.1. The van der Waals surface area contributed by atoms with Crippen LogP contribution in [0.4, 0.5) is 0 Å². The summed E-state index contributed by atoms with van der Waals surface area (Å²) in [4.78, 5) is 0. The lowest BCUT2D eigenvalue weighted by Gasteiger charge is -2.50. The van der Waals surface area contributed by atoms with E-state index in [1.807, 2.05) is 6.92 Å². The first-order valence-electron chi connectivity index (χ1n) is 23.1. The molecule has 22 rings (SSSR count). The van der Waals surface area contributed by atoms with E-state index in [0.717, 1.165) is 0 Å². The first kappa shape index (κ1) is 56.5. The molecule has 22 fully saturated rings. The van der Waals surface area contributed by atoms with Crippen LogP contribution in [0.15, 0.2) is 0 Å². The van der Waals surface area contributed by atoms with Crippen LogP contribution in [0.5, 0.6) is 0 Å². The Morgan fingerprint density at radius 2 is 0.486 bits per heavy atom. The van der Waals surface area contributed by atoms with Gasteiger partial charge in [0, 0.05) is 6.61 Å². The highest BCUT2D eigenvalue weighted by Gasteiger charge is 2.58. The molecule has 17 N–H and O–H groups in total. The third-order valence-corrected chi connectivity index (χ3v) is 13.4. The number of unbranched alkanes of at least 4 members (excludes halogenated alkanes) is 1. The van der Waals surface area contributed by atoms with E-state index in [-0.39, 0.29) is 13.2 Å². The summed E-state index contributed by atoms with van der Waals surface area (Å²) in [5.41, 5.74) is 0. The van der Waals surface area contributed by atoms with Crippen LogP contribution in [-0.4, -0.2) is 317 Å². The van der Waals surface area contributed by atoms with Gasteiger partial charge < -0.3 is 148 Å². The van der Waals surface area contributed by atoms with Crippen LogP contribution >= 0.6 is 0 Å². The van der Waals surface area contributed by atoms with E-state index in [0.29, 0.717) is 12.8 Å². The predicted octanol–water partition coefficient (Wildman–Crippen LogP) is -11.2. The fraction of sp³-hybridized carbons (Fsp3) is 1.00. The van der Waals surface area contributed by atoms with E-state index in [4.69, 9.17) is 61.6 Å². The van der Waals surface area contributed by atoms with Crippen LogP contribution < -0.4 is 0 Å². The molecule has 22 heterocycles. The molecular formula is C40H68O30. The zero-order valence-electron chi connectivity index (χ0n) is 37.6. The second-order valence-electron chi connectivity index (χ2n) is 18.1. The summed E-state index contributed by atoms with van der Waals surface area (Å²) < 4.78 is 74.9. The smallest absolute Gasteiger partial charge is 0.187 e. The summed E-state index contributed by atoms with van der Waals surface area (Å²) in [5.74, 6) is 0. The summed E-state index contributed by atoms with van der Waals surface area (Å²) in [5, 5.41) is 187. The Bertz CT molecular complexity index is 1580. The summed E-state index contributed by atoms with van der Waals surface area (Å²) in [6.07, 6.45) is -56.2. The lowest BCUT2D eigenvalue weighted by molar-refractivity contribution is -0.404. The van der Waals surface area contributed by atoms with Gasteiger partial charge in [0.05, 0.1) is 39.6 Å². The molecule has 30 atom stereocenters. The average Bonchev–Trinajstić information content (AvgIpc) is 3.35. The molecule has 408 valence electrons. The molecular weight excluding hydrogens is 960 g/mol. The number of ether oxygens (including phenoxy) is 13. The molecule has 0 radical (unpaired) electrons. The van der Waals surface area contributed by atoms with Crippen LogP contribution in [0.25, 0.3) is 0 Å². The Kier molecular flexibility index (Phi) is 19.9. The van der Waals surface area contributed by atoms with Gasteiger partial charge in [-0.05, 0) is 6.42 Å². The second kappa shape index (κ2) is 24.6. The number of hydrogen-bond acceptors (Lipinski definition) is 30. The Hall–Kier alpha value is -1.20. The molecule has 22 saturated heterocycles. The topological polar surface area (TPSA) is 464 Å². The van der Waals surface area contributed by atoms with Gasteiger partial charge in [-0.1, -0.05) is 13.3 Å². The van der Waals surface area contributed by atoms with Crippen LogP contribution in [0, 0.1) is 0 Å². The van der Waals surface area contributed by atoms with Crippen molar-refractivity contribution in [2.45, 2.75) is 204 Å². The zero-order valence-corrected chi connectivity index (χ0v) is 37.6. The highest BCUT2D eigenvalue weighted by molar-refractivity contribution is 5.01. The van der Waals surface area contributed by atoms with Gasteiger partial charge in [-0.25, -0.2) is 0 Å². The number of aliphatic hydroxyl groups is 17. The Balaban J connectivity index is 1.20. The molecule has 0 aromatic heterocycles. The third kappa shape index (κ3) is 11.5. The van der Waals surface area contributed by atoms with Gasteiger partial charge in [-0.2, -0.15) is 0 Å². The van der Waals surface area contributed by atoms with Crippen molar-refractivity contribution in [3.63, 3.8) is 0 Å². The number of hydrogen-bond donors (Lipinski definition) is 17. The lowest BCUT2D eigenvalue weighted by Crippen LogP contribution is -2.69. The molecule has 0 saturated carbocycles. The van der Waals surface area contributed by atoms with Crippen LogP contribution in [-0.2, 0) is 61.6 Å². The normalized spacial score (nSPS) is 52.9. The minimum absolute atomic E-state index is 0.163. The van der Waals surface area contributed by atoms with E-state index in [9.17, 15) is 86.8 Å². The quantitative estimate of drug-likeness (QED) is 0.0904. The van der Waals surface area contributed by atoms with Gasteiger partial charge in [-0.3, -0.25) is 0 Å². The maximum Gasteiger partial charge on any atom is 0.187 e. The van der Waals surface area contributed by atoms with Crippen LogP contribution in [0.3, 0.4) is 0 Å². The zero-order chi connectivity index (χ0) is 50.9. The highest BCUT2D eigenvalue weighted by Crippen LogP contribution is 2.38. The second-order valence-corrected chi connectivity index (χ2v) is 18.1. The average molecular weight is 1030 g/mol. The van der Waals surface area contributed by atoms with Gasteiger partial charge in [0.15, 0.2) is 37.7 Å². The molecule has 0 unspecified atom stereocenters. The fourth-order valence-electron chi connectivity index (χ4n) is 9.36. The van der Waals surface area contributed by atoms with Crippen molar-refractivity contribution < 1.29 is 148 Å². The van der Waals surface area contributed by atoms with Gasteiger partial charge in [0.2, 0.25) is 0 Å². The molecule has 30 nitrogen and oxygen atoms in total. The molecule has 30 heteroatoms. The van der Waals surface area contributed by atoms with Crippen LogP contribution in [0.1, 0.15) is 19.8 Å². The number of rotatable bonds is 10. The first-order chi connectivity index (χ1) is 33.4. The predicted molar refractivity (Wildman–Crippen MR) is 214 cm³/mol. The van der Waals surface area contributed by atoms with Crippen molar-refractivity contribution in [3.05, 3.63) is 0 Å². The Morgan fingerprint density at radius 3 is 0.686 bits per heavy atom. The Labute approximate surface area is 398 Å². The molecule has 0 aromatic rings. The SMILES string of the molecule is CCCCOC[C@H]1O[C@@H]2O[C@H]3[C@H](O)[C@@H](O)[C@@H](O[C@H]4[C@H](O)[C@@H](O)[C@@H](O[C@H]5[C@H](O)[C@@H](O)[C@@H](O[C@H]6[C@H](O)[C@@H](O)[C@@H](O[C@H]7[C@H](O)[C@@H](O)[C@@H](O[C@H]1[C@H](O)[C@H]2O)O[C@@H]7CO)O[C@@H]6CO)O[C@@H]5CO)O[C@@H]4CO)O[C@@H]3CO. The van der Waals surface area contributed by atoms with Gasteiger partial charge in [-0.15, -0.1) is 0 Å². The monoisotopic (exact) mass is 1030 g/mol. The largest absolute Gasteiger partial charge is 0.394 e. The van der Waals surface area contributed by atoms with E-state index in [1.165, 1.54) is 0 Å². The molecule has 0 aromatic carbocycles. The lowest BCUT2D eigenvalue weighted by atomic mass is 9.94. The molecule has 22 aliphatic rings. The summed E-state index contributed by atoms with van der Waals surface area (Å²) in [7, 11) is 0. The summed E-state index contributed by atoms with van der Waals surface area (Å²) in [6.45, 7) is -3.25. The molecule has 0 amide bonds. The fourth-order valence-corrected chi connectivity index (χ4v) is 9.36. The van der Waals surface area contributed by atoms with Gasteiger partial charge in [0.1, 0.15) is 146 Å². The third-order valence-electron chi connectivity index (χ3n) is 13.4. The maximum atomic E-state index is 11.5. The number of aliphatic hydroxyl groups excluding tert-OH is 17. The Morgan fingerprint density at radius 1 is 0.286 bits per heavy atom. The maximum absolute atomic E-state index is 11.5. The van der Waals surface area contributed by atoms with Crippen molar-refractivity contribution in [1.82, 2.24) is 0 Å². The standard InChI is InChI=1S/C40H68O30/c1-2-3-4-58-10-16-34-22(51)28(57)40(64-16)69-33-15(9-45)62-38(26(55)20(33)49)67-31-13(7-43)60-36(24(53)18(31)47)65-29-11(5-41)59-35(23(52)17(29)46)66-30-12(6-42)61-37(25(54)19(30)48)68-32-14(8-44)63-39(70-34)27(56)21(32)50/h11-57H,2-10H2,1H3/t11-,12-,13-,14-,15-,16-,17-,18-,19-,20-,21-,22-,23-,24-,25-,26-,27-,28-,29-,30-,31-,32-,33-,34-,35-,36-,37-,38-,39-,40-/m1/s1. The minimum Gasteiger partial charge on any atom is -0.394 e. The summed E-state index contributed by atoms with van der Waals surface area (Å²) >= 11 is 0. The van der Waals surface area contributed by atoms with Crippen molar-refractivity contribution in [3.8, 4) is 0 Å². The minimum atomic E-state index is -2.14. The molecule has 0 spiro atoms. The van der Waals surface area contributed by atoms with E-state index < -0.39 is 217 Å². The molecule has 70 heavy (non-hydrogen) atoms. The summed E-state index contributed by atoms with van der Waals surface area (Å²) in [6, 6.07) is 0. The van der Waals surface area contributed by atoms with Crippen molar-refractivity contribution in [1.29, 1.82) is 0 Å². The molecule has 22 aliphatic heterocycles.